The lowest BCUT2D eigenvalue weighted by Gasteiger charge is -2.30. The number of hydrogen-bond donors (Lipinski definition) is 2. The predicted molar refractivity (Wildman–Crippen MR) is 107 cm³/mol. The number of carboxylic acid groups (broad SMARTS) is 1. The van der Waals surface area contributed by atoms with E-state index in [0.29, 0.717) is 24.9 Å². The molecule has 0 aliphatic carbocycles. The van der Waals surface area contributed by atoms with Crippen LogP contribution in [-0.4, -0.2) is 33.4 Å². The number of unbranched alkanes of at least 4 members (excludes halogenated alkanes) is 4. The lowest BCUT2D eigenvalue weighted by atomic mass is 9.92. The summed E-state index contributed by atoms with van der Waals surface area (Å²) >= 11 is 4.97. The first-order valence-corrected chi connectivity index (χ1v) is 10.2. The normalized spacial score (nSPS) is 14.0. The average molecular weight is 375 g/mol. The van der Waals surface area contributed by atoms with Gasteiger partial charge in [0.05, 0.1) is 6.42 Å². The monoisotopic (exact) mass is 374 g/mol. The second-order valence-corrected chi connectivity index (χ2v) is 8.34. The van der Waals surface area contributed by atoms with Crippen LogP contribution in [0.5, 0.6) is 0 Å². The molecule has 0 saturated heterocycles. The maximum absolute atomic E-state index is 11.3. The van der Waals surface area contributed by atoms with Crippen molar-refractivity contribution in [3.8, 4) is 0 Å². The van der Waals surface area contributed by atoms with E-state index < -0.39 is 11.6 Å². The summed E-state index contributed by atoms with van der Waals surface area (Å²) in [4.78, 5) is 11.3. The SMILES string of the molecule is CC(C)CCCCCOC(CCCCCC(C)C)(CC(=O)O)C(O)=S. The Morgan fingerprint density at radius 1 is 0.920 bits per heavy atom. The molecule has 5 heteroatoms. The number of carboxylic acids is 1. The highest BCUT2D eigenvalue weighted by Gasteiger charge is 2.38. The fourth-order valence-corrected chi connectivity index (χ4v) is 3.17. The van der Waals surface area contributed by atoms with E-state index in [0.717, 1.165) is 44.9 Å². The van der Waals surface area contributed by atoms with Crippen LogP contribution < -0.4 is 0 Å². The van der Waals surface area contributed by atoms with Crippen molar-refractivity contribution >= 4 is 23.2 Å². The molecule has 4 nitrogen and oxygen atoms in total. The summed E-state index contributed by atoms with van der Waals surface area (Å²) in [6, 6.07) is 0. The van der Waals surface area contributed by atoms with Crippen molar-refractivity contribution in [2.45, 2.75) is 97.5 Å². The summed E-state index contributed by atoms with van der Waals surface area (Å²) in [5.74, 6) is 0.381. The molecule has 0 heterocycles. The molecule has 0 bridgehead atoms. The summed E-state index contributed by atoms with van der Waals surface area (Å²) in [5, 5.41) is 18.9. The summed E-state index contributed by atoms with van der Waals surface area (Å²) in [6.45, 7) is 9.24. The van der Waals surface area contributed by atoms with E-state index >= 15 is 0 Å². The van der Waals surface area contributed by atoms with Gasteiger partial charge in [0.15, 0.2) is 5.05 Å². The molecule has 148 valence electrons. The fourth-order valence-electron chi connectivity index (χ4n) is 2.94. The second kappa shape index (κ2) is 13.5. The van der Waals surface area contributed by atoms with Crippen LogP contribution in [0.25, 0.3) is 0 Å². The maximum Gasteiger partial charge on any atom is 0.306 e. The molecule has 25 heavy (non-hydrogen) atoms. The number of ether oxygens (including phenoxy) is 1. The van der Waals surface area contributed by atoms with Crippen LogP contribution in [-0.2, 0) is 9.53 Å². The largest absolute Gasteiger partial charge is 0.500 e. The molecule has 0 radical (unpaired) electrons. The van der Waals surface area contributed by atoms with Gasteiger partial charge in [-0.05, 0) is 36.9 Å². The van der Waals surface area contributed by atoms with E-state index in [1.54, 1.807) is 0 Å². The van der Waals surface area contributed by atoms with Crippen LogP contribution in [0.1, 0.15) is 91.9 Å². The van der Waals surface area contributed by atoms with Gasteiger partial charge >= 0.3 is 5.97 Å². The quantitative estimate of drug-likeness (QED) is 0.259. The predicted octanol–water partition coefficient (Wildman–Crippen LogP) is 5.92. The second-order valence-electron chi connectivity index (χ2n) is 7.95. The molecule has 1 unspecified atom stereocenters. The number of rotatable bonds is 16. The Kier molecular flexibility index (Phi) is 13.1. The summed E-state index contributed by atoms with van der Waals surface area (Å²) < 4.78 is 5.86. The standard InChI is InChI=1S/C20H38O4S/c1-16(2)11-7-5-9-13-20(19(23)25,15-18(21)22)24-14-10-6-8-12-17(3)4/h16-17H,5-15H2,1-4H3,(H,21,22)(H,23,25). The number of carbonyl (C=O) groups is 1. The van der Waals surface area contributed by atoms with E-state index in [4.69, 9.17) is 17.0 Å². The van der Waals surface area contributed by atoms with Gasteiger partial charge in [-0.2, -0.15) is 0 Å². The van der Waals surface area contributed by atoms with Gasteiger partial charge in [0, 0.05) is 6.61 Å². The first kappa shape index (κ1) is 24.3. The van der Waals surface area contributed by atoms with Crippen molar-refractivity contribution in [2.24, 2.45) is 11.8 Å². The summed E-state index contributed by atoms with van der Waals surface area (Å²) in [7, 11) is 0. The Morgan fingerprint density at radius 2 is 1.44 bits per heavy atom. The van der Waals surface area contributed by atoms with Crippen molar-refractivity contribution < 1.29 is 19.7 Å². The molecule has 0 fully saturated rings. The van der Waals surface area contributed by atoms with Gasteiger partial charge < -0.3 is 14.9 Å². The first-order valence-electron chi connectivity index (χ1n) is 9.78. The third-order valence-corrected chi connectivity index (χ3v) is 4.86. The zero-order valence-corrected chi connectivity index (χ0v) is 17.4. The van der Waals surface area contributed by atoms with Crippen LogP contribution in [0.3, 0.4) is 0 Å². The van der Waals surface area contributed by atoms with Crippen molar-refractivity contribution in [1.82, 2.24) is 0 Å². The molecule has 0 aromatic rings. The van der Waals surface area contributed by atoms with Gasteiger partial charge in [-0.3, -0.25) is 4.79 Å². The van der Waals surface area contributed by atoms with Gasteiger partial charge in [0.2, 0.25) is 0 Å². The Morgan fingerprint density at radius 3 is 1.88 bits per heavy atom. The Labute approximate surface area is 159 Å². The Bertz CT molecular complexity index is 382. The van der Waals surface area contributed by atoms with Gasteiger partial charge in [-0.15, -0.1) is 0 Å². The van der Waals surface area contributed by atoms with E-state index in [9.17, 15) is 15.0 Å². The van der Waals surface area contributed by atoms with Crippen LogP contribution in [0.2, 0.25) is 0 Å². The van der Waals surface area contributed by atoms with E-state index in [1.165, 1.54) is 6.42 Å². The van der Waals surface area contributed by atoms with Gasteiger partial charge in [-0.25, -0.2) is 0 Å². The van der Waals surface area contributed by atoms with Crippen LogP contribution in [0.4, 0.5) is 0 Å². The van der Waals surface area contributed by atoms with Crippen LogP contribution in [0, 0.1) is 11.8 Å². The van der Waals surface area contributed by atoms with Crippen molar-refractivity contribution in [2.75, 3.05) is 6.61 Å². The van der Waals surface area contributed by atoms with E-state index in [-0.39, 0.29) is 11.5 Å². The van der Waals surface area contributed by atoms with Gasteiger partial charge in [-0.1, -0.05) is 72.6 Å². The van der Waals surface area contributed by atoms with E-state index in [2.05, 4.69) is 27.7 Å². The Hall–Kier alpha value is -0.680. The molecule has 0 aliphatic heterocycles. The molecule has 0 aromatic carbocycles. The first-order chi connectivity index (χ1) is 11.7. The topological polar surface area (TPSA) is 66.8 Å². The van der Waals surface area contributed by atoms with Crippen molar-refractivity contribution in [3.05, 3.63) is 0 Å². The van der Waals surface area contributed by atoms with Crippen LogP contribution >= 0.6 is 12.2 Å². The minimum Gasteiger partial charge on any atom is -0.500 e. The number of aliphatic carboxylic acids is 1. The minimum absolute atomic E-state index is 0.265. The molecule has 2 N–H and O–H groups in total. The smallest absolute Gasteiger partial charge is 0.306 e. The molecule has 0 spiro atoms. The van der Waals surface area contributed by atoms with Crippen LogP contribution in [0.15, 0.2) is 0 Å². The molecule has 0 saturated carbocycles. The third kappa shape index (κ3) is 12.3. The van der Waals surface area contributed by atoms with Crippen molar-refractivity contribution in [3.63, 3.8) is 0 Å². The minimum atomic E-state index is -1.21. The number of hydrogen-bond acceptors (Lipinski definition) is 3. The molecule has 1 atom stereocenters. The molecule has 0 aliphatic rings. The molecule has 0 rings (SSSR count). The number of aliphatic hydroxyl groups excluding tert-OH is 1. The molecular formula is C20H38O4S. The van der Waals surface area contributed by atoms with Crippen molar-refractivity contribution in [1.29, 1.82) is 0 Å². The zero-order valence-electron chi connectivity index (χ0n) is 16.6. The highest BCUT2D eigenvalue weighted by Crippen LogP contribution is 2.27. The average Bonchev–Trinajstić information content (AvgIpc) is 2.48. The summed E-state index contributed by atoms with van der Waals surface area (Å²) in [5.41, 5.74) is -1.21. The molecular weight excluding hydrogens is 336 g/mol. The van der Waals surface area contributed by atoms with Gasteiger partial charge in [0.1, 0.15) is 5.60 Å². The fraction of sp³-hybridized carbons (Fsp3) is 0.900. The lowest BCUT2D eigenvalue weighted by molar-refractivity contribution is -0.143. The number of aliphatic hydroxyl groups is 1. The Balaban J connectivity index is 4.46. The molecule has 0 aromatic heterocycles. The number of thiocarbonyl (C=S) groups is 1. The zero-order chi connectivity index (χ0) is 19.3. The highest BCUT2D eigenvalue weighted by atomic mass is 32.1. The lowest BCUT2D eigenvalue weighted by Crippen LogP contribution is -2.43. The maximum atomic E-state index is 11.3. The van der Waals surface area contributed by atoms with Gasteiger partial charge in [0.25, 0.3) is 0 Å². The molecule has 0 amide bonds. The highest BCUT2D eigenvalue weighted by molar-refractivity contribution is 7.80. The summed E-state index contributed by atoms with van der Waals surface area (Å²) in [6.07, 6.45) is 8.53. The van der Waals surface area contributed by atoms with E-state index in [1.807, 2.05) is 0 Å². The third-order valence-electron chi connectivity index (χ3n) is 4.49.